The summed E-state index contributed by atoms with van der Waals surface area (Å²) in [6, 6.07) is 9.65. The molecule has 4 rings (SSSR count). The Morgan fingerprint density at radius 3 is 2.42 bits per heavy atom. The molecular formula is C23H21FN4O6S2. The van der Waals surface area contributed by atoms with Crippen molar-refractivity contribution < 1.29 is 32.3 Å². The molecule has 188 valence electrons. The normalized spacial score (nSPS) is 17.0. The molecule has 2 amide bonds. The van der Waals surface area contributed by atoms with Crippen LogP contribution in [0.1, 0.15) is 28.4 Å². The maximum atomic E-state index is 13.6. The first-order valence-corrected chi connectivity index (χ1v) is 13.0. The second-order valence-corrected chi connectivity index (χ2v) is 10.9. The minimum atomic E-state index is -4.15. The van der Waals surface area contributed by atoms with Crippen molar-refractivity contribution in [3.63, 3.8) is 0 Å². The summed E-state index contributed by atoms with van der Waals surface area (Å²) in [5.41, 5.74) is 0.517. The maximum Gasteiger partial charge on any atom is 0.305 e. The number of carboxylic acid groups (broad SMARTS) is 1. The number of aliphatic carboxylic acids is 1. The van der Waals surface area contributed by atoms with Crippen LogP contribution in [0.15, 0.2) is 70.5 Å². The first-order valence-electron chi connectivity index (χ1n) is 10.7. The number of pyridine rings is 1. The van der Waals surface area contributed by atoms with E-state index in [0.29, 0.717) is 5.56 Å². The Morgan fingerprint density at radius 2 is 1.81 bits per heavy atom. The summed E-state index contributed by atoms with van der Waals surface area (Å²) >= 11 is 0.971. The molecule has 1 aliphatic rings. The van der Waals surface area contributed by atoms with E-state index in [0.717, 1.165) is 32.7 Å². The van der Waals surface area contributed by atoms with Gasteiger partial charge in [-0.1, -0.05) is 18.2 Å². The van der Waals surface area contributed by atoms with Crippen LogP contribution in [0.3, 0.4) is 0 Å². The standard InChI is InChI=1S/C23H21FN4O6S2/c24-17-5-3-15(4-6-17)18(14-19(29)30)26-21(31)22-27(23(32)16-7-9-25-10-8-16)11-12-28(22)36(33,34)20-2-1-13-35-20/h1-10,13,18,22H,11-12,14H2,(H,26,31)(H,29,30). The third-order valence-corrected chi connectivity index (χ3v) is 8.80. The monoisotopic (exact) mass is 532 g/mol. The topological polar surface area (TPSA) is 137 Å². The van der Waals surface area contributed by atoms with Gasteiger partial charge in [-0.3, -0.25) is 19.4 Å². The molecule has 1 aromatic carbocycles. The van der Waals surface area contributed by atoms with E-state index in [4.69, 9.17) is 0 Å². The Bertz CT molecular complexity index is 1350. The molecule has 1 aliphatic heterocycles. The van der Waals surface area contributed by atoms with Gasteiger partial charge in [0.15, 0.2) is 6.17 Å². The Morgan fingerprint density at radius 1 is 1.11 bits per heavy atom. The highest BCUT2D eigenvalue weighted by Gasteiger charge is 2.47. The van der Waals surface area contributed by atoms with Gasteiger partial charge in [0.05, 0.1) is 12.5 Å². The number of hydrogen-bond acceptors (Lipinski definition) is 7. The average molecular weight is 533 g/mol. The summed E-state index contributed by atoms with van der Waals surface area (Å²) in [4.78, 5) is 43.3. The largest absolute Gasteiger partial charge is 0.481 e. The van der Waals surface area contributed by atoms with E-state index in [1.54, 1.807) is 11.4 Å². The molecule has 1 saturated heterocycles. The van der Waals surface area contributed by atoms with Gasteiger partial charge in [-0.15, -0.1) is 11.3 Å². The number of halogens is 1. The van der Waals surface area contributed by atoms with Crippen molar-refractivity contribution in [1.82, 2.24) is 19.5 Å². The highest BCUT2D eigenvalue weighted by Crippen LogP contribution is 2.29. The molecule has 3 aromatic rings. The average Bonchev–Trinajstić information content (AvgIpc) is 3.55. The van der Waals surface area contributed by atoms with E-state index >= 15 is 0 Å². The van der Waals surface area contributed by atoms with E-state index < -0.39 is 52.3 Å². The summed E-state index contributed by atoms with van der Waals surface area (Å²) in [5.74, 6) is -3.25. The first kappa shape index (κ1) is 25.4. The van der Waals surface area contributed by atoms with Crippen LogP contribution in [-0.4, -0.2) is 64.8 Å². The van der Waals surface area contributed by atoms with Gasteiger partial charge < -0.3 is 15.3 Å². The molecule has 2 N–H and O–H groups in total. The van der Waals surface area contributed by atoms with Crippen LogP contribution in [0, 0.1) is 5.82 Å². The molecule has 2 unspecified atom stereocenters. The second-order valence-electron chi connectivity index (χ2n) is 7.87. The van der Waals surface area contributed by atoms with E-state index in [1.165, 1.54) is 42.7 Å². The van der Waals surface area contributed by atoms with Gasteiger partial charge in [-0.2, -0.15) is 4.31 Å². The van der Waals surface area contributed by atoms with Crippen LogP contribution in [-0.2, 0) is 19.6 Å². The van der Waals surface area contributed by atoms with Crippen LogP contribution in [0.5, 0.6) is 0 Å². The molecule has 36 heavy (non-hydrogen) atoms. The number of carbonyl (C=O) groups is 3. The van der Waals surface area contributed by atoms with Crippen LogP contribution in [0.25, 0.3) is 0 Å². The van der Waals surface area contributed by atoms with Crippen molar-refractivity contribution in [2.24, 2.45) is 0 Å². The van der Waals surface area contributed by atoms with Crippen molar-refractivity contribution >= 4 is 39.1 Å². The van der Waals surface area contributed by atoms with Gasteiger partial charge in [0.1, 0.15) is 10.0 Å². The number of thiophene rings is 1. The molecule has 10 nitrogen and oxygen atoms in total. The molecule has 13 heteroatoms. The summed E-state index contributed by atoms with van der Waals surface area (Å²) in [7, 11) is -4.15. The molecule has 0 bridgehead atoms. The number of carboxylic acids is 1. The van der Waals surface area contributed by atoms with Crippen molar-refractivity contribution in [3.8, 4) is 0 Å². The zero-order valence-electron chi connectivity index (χ0n) is 18.7. The lowest BCUT2D eigenvalue weighted by molar-refractivity contribution is -0.138. The summed E-state index contributed by atoms with van der Waals surface area (Å²) in [6.45, 7) is -0.209. The summed E-state index contributed by atoms with van der Waals surface area (Å²) in [6.07, 6.45) is 0.681. The molecule has 0 aliphatic carbocycles. The maximum absolute atomic E-state index is 13.6. The third kappa shape index (κ3) is 5.27. The minimum absolute atomic E-state index is 0.000805. The van der Waals surface area contributed by atoms with Crippen LogP contribution < -0.4 is 5.32 Å². The fourth-order valence-corrected chi connectivity index (χ4v) is 6.56. The molecule has 1 fully saturated rings. The Labute approximate surface area is 210 Å². The highest BCUT2D eigenvalue weighted by molar-refractivity contribution is 7.91. The quantitative estimate of drug-likeness (QED) is 0.453. The van der Waals surface area contributed by atoms with Crippen LogP contribution >= 0.6 is 11.3 Å². The van der Waals surface area contributed by atoms with Crippen molar-refractivity contribution in [2.75, 3.05) is 13.1 Å². The molecule has 2 atom stereocenters. The van der Waals surface area contributed by atoms with Gasteiger partial charge in [-0.05, 0) is 41.3 Å². The fourth-order valence-electron chi connectivity index (χ4n) is 3.90. The van der Waals surface area contributed by atoms with Gasteiger partial charge in [0.25, 0.3) is 21.8 Å². The van der Waals surface area contributed by atoms with E-state index in [9.17, 15) is 32.3 Å². The number of benzene rings is 1. The van der Waals surface area contributed by atoms with Crippen molar-refractivity contribution in [2.45, 2.75) is 22.8 Å². The van der Waals surface area contributed by atoms with E-state index in [2.05, 4.69) is 10.3 Å². The molecular weight excluding hydrogens is 511 g/mol. The van der Waals surface area contributed by atoms with E-state index in [1.807, 2.05) is 0 Å². The van der Waals surface area contributed by atoms with Gasteiger partial charge >= 0.3 is 5.97 Å². The Hall–Kier alpha value is -3.68. The highest BCUT2D eigenvalue weighted by atomic mass is 32.2. The fraction of sp³-hybridized carbons (Fsp3) is 0.217. The van der Waals surface area contributed by atoms with Gasteiger partial charge in [0.2, 0.25) is 0 Å². The predicted molar refractivity (Wildman–Crippen MR) is 127 cm³/mol. The number of hydrogen-bond donors (Lipinski definition) is 2. The molecule has 0 spiro atoms. The lowest BCUT2D eigenvalue weighted by Crippen LogP contribution is -2.54. The molecule has 3 heterocycles. The van der Waals surface area contributed by atoms with Crippen molar-refractivity contribution in [1.29, 1.82) is 0 Å². The van der Waals surface area contributed by atoms with Crippen LogP contribution in [0.4, 0.5) is 4.39 Å². The number of sulfonamides is 1. The number of nitrogens with one attached hydrogen (secondary N) is 1. The predicted octanol–water partition coefficient (Wildman–Crippen LogP) is 2.09. The number of amides is 2. The Balaban J connectivity index is 1.70. The van der Waals surface area contributed by atoms with Gasteiger partial charge in [0, 0.05) is 31.0 Å². The molecule has 0 saturated carbocycles. The lowest BCUT2D eigenvalue weighted by atomic mass is 10.0. The zero-order valence-corrected chi connectivity index (χ0v) is 20.3. The van der Waals surface area contributed by atoms with Crippen LogP contribution in [0.2, 0.25) is 0 Å². The first-order chi connectivity index (χ1) is 17.2. The number of rotatable bonds is 8. The SMILES string of the molecule is O=C(O)CC(NC(=O)C1N(C(=O)c2ccncc2)CCN1S(=O)(=O)c1cccs1)c1ccc(F)cc1. The Kier molecular flexibility index (Phi) is 7.43. The minimum Gasteiger partial charge on any atom is -0.481 e. The number of nitrogens with zero attached hydrogens (tertiary/aromatic N) is 3. The number of carbonyl (C=O) groups excluding carboxylic acids is 2. The lowest BCUT2D eigenvalue weighted by Gasteiger charge is -2.30. The van der Waals surface area contributed by atoms with E-state index in [-0.39, 0.29) is 22.9 Å². The molecule has 0 radical (unpaired) electrons. The summed E-state index contributed by atoms with van der Waals surface area (Å²) in [5, 5.41) is 13.5. The number of aromatic nitrogens is 1. The molecule has 2 aromatic heterocycles. The van der Waals surface area contributed by atoms with Gasteiger partial charge in [-0.25, -0.2) is 12.8 Å². The summed E-state index contributed by atoms with van der Waals surface area (Å²) < 4.78 is 41.1. The third-order valence-electron chi connectivity index (χ3n) is 5.58. The second kappa shape index (κ2) is 10.5. The zero-order chi connectivity index (χ0) is 25.9. The smallest absolute Gasteiger partial charge is 0.305 e. The van der Waals surface area contributed by atoms with Crippen molar-refractivity contribution in [3.05, 3.63) is 83.2 Å².